The molecular weight excluding hydrogens is 328 g/mol. The number of carboxylic acid groups (broad SMARTS) is 1. The summed E-state index contributed by atoms with van der Waals surface area (Å²) in [6.45, 7) is 2.49. The minimum absolute atomic E-state index is 0.0141. The van der Waals surface area contributed by atoms with Crippen molar-refractivity contribution in [2.24, 2.45) is 0 Å². The lowest BCUT2D eigenvalue weighted by Crippen LogP contribution is -2.54. The van der Waals surface area contributed by atoms with Crippen LogP contribution in [0.4, 0.5) is 10.5 Å². The number of hydrogen-bond acceptors (Lipinski definition) is 3. The van der Waals surface area contributed by atoms with Crippen LogP contribution in [0.5, 0.6) is 0 Å². The molecule has 2 rings (SSSR count). The normalized spacial score (nSPS) is 18.7. The number of nitrogens with zero attached hydrogens (tertiary/aromatic N) is 1. The van der Waals surface area contributed by atoms with Crippen LogP contribution in [0.25, 0.3) is 0 Å². The van der Waals surface area contributed by atoms with E-state index in [0.29, 0.717) is 12.3 Å². The summed E-state index contributed by atoms with van der Waals surface area (Å²) < 4.78 is 5.95. The number of hydrogen-bond donors (Lipinski definition) is 2. The first-order valence-electron chi connectivity index (χ1n) is 6.13. The predicted octanol–water partition coefficient (Wildman–Crippen LogP) is 2.07. The quantitative estimate of drug-likeness (QED) is 0.862. The van der Waals surface area contributed by atoms with Gasteiger partial charge in [-0.2, -0.15) is 0 Å². The number of aryl methyl sites for hydroxylation is 1. The molecule has 0 aromatic heterocycles. The van der Waals surface area contributed by atoms with Crippen molar-refractivity contribution in [3.8, 4) is 0 Å². The molecule has 0 bridgehead atoms. The number of carbonyl (C=O) groups excluding carboxylic acids is 1. The third kappa shape index (κ3) is 3.29. The third-order valence-electron chi connectivity index (χ3n) is 3.12. The molecule has 7 heteroatoms. The number of carboxylic acids is 1. The van der Waals surface area contributed by atoms with E-state index in [0.717, 1.165) is 10.0 Å². The highest BCUT2D eigenvalue weighted by Gasteiger charge is 2.32. The maximum absolute atomic E-state index is 12.2. The highest BCUT2D eigenvalue weighted by atomic mass is 79.9. The molecule has 0 saturated carbocycles. The van der Waals surface area contributed by atoms with Crippen LogP contribution in [0.3, 0.4) is 0 Å². The van der Waals surface area contributed by atoms with E-state index in [2.05, 4.69) is 21.2 Å². The first kappa shape index (κ1) is 14.8. The number of rotatable bonds is 2. The zero-order chi connectivity index (χ0) is 14.7. The van der Waals surface area contributed by atoms with Gasteiger partial charge < -0.3 is 20.1 Å². The Morgan fingerprint density at radius 3 is 2.95 bits per heavy atom. The molecule has 1 saturated heterocycles. The number of aliphatic carboxylic acids is 1. The number of ether oxygens (including phenoxy) is 1. The van der Waals surface area contributed by atoms with E-state index in [1.165, 1.54) is 4.90 Å². The molecule has 20 heavy (non-hydrogen) atoms. The maximum Gasteiger partial charge on any atom is 0.328 e. The van der Waals surface area contributed by atoms with Crippen LogP contribution in [0.1, 0.15) is 5.56 Å². The van der Waals surface area contributed by atoms with E-state index in [4.69, 9.17) is 9.84 Å². The van der Waals surface area contributed by atoms with Gasteiger partial charge in [0.05, 0.1) is 13.2 Å². The lowest BCUT2D eigenvalue weighted by Gasteiger charge is -2.32. The van der Waals surface area contributed by atoms with Gasteiger partial charge in [0.15, 0.2) is 6.04 Å². The second-order valence-corrected chi connectivity index (χ2v) is 5.43. The molecule has 6 nitrogen and oxygen atoms in total. The van der Waals surface area contributed by atoms with Gasteiger partial charge in [-0.1, -0.05) is 22.0 Å². The number of carbonyl (C=O) groups is 2. The summed E-state index contributed by atoms with van der Waals surface area (Å²) in [5, 5.41) is 11.9. The van der Waals surface area contributed by atoms with Crippen molar-refractivity contribution in [2.75, 3.05) is 25.1 Å². The molecule has 2 N–H and O–H groups in total. The fourth-order valence-corrected chi connectivity index (χ4v) is 2.33. The average molecular weight is 343 g/mol. The molecule has 1 aliphatic heterocycles. The molecular formula is C13H15BrN2O4. The minimum atomic E-state index is -1.06. The van der Waals surface area contributed by atoms with Gasteiger partial charge in [0.25, 0.3) is 0 Å². The second-order valence-electron chi connectivity index (χ2n) is 4.51. The number of amides is 2. The van der Waals surface area contributed by atoms with Gasteiger partial charge in [0.2, 0.25) is 0 Å². The van der Waals surface area contributed by atoms with Gasteiger partial charge in [-0.05, 0) is 24.6 Å². The first-order chi connectivity index (χ1) is 9.49. The molecule has 108 valence electrons. The zero-order valence-electron chi connectivity index (χ0n) is 10.9. The fourth-order valence-electron chi connectivity index (χ4n) is 1.97. The fraction of sp³-hybridized carbons (Fsp3) is 0.385. The topological polar surface area (TPSA) is 78.9 Å². The van der Waals surface area contributed by atoms with Gasteiger partial charge >= 0.3 is 12.0 Å². The summed E-state index contributed by atoms with van der Waals surface area (Å²) in [5.74, 6) is -1.06. The molecule has 1 atom stereocenters. The summed E-state index contributed by atoms with van der Waals surface area (Å²) in [6.07, 6.45) is 0. The molecule has 1 aromatic carbocycles. The first-order valence-corrected chi connectivity index (χ1v) is 6.92. The Hall–Kier alpha value is -1.60. The van der Waals surface area contributed by atoms with Gasteiger partial charge in [-0.25, -0.2) is 9.59 Å². The molecule has 0 radical (unpaired) electrons. The molecule has 2 amide bonds. The van der Waals surface area contributed by atoms with Crippen molar-refractivity contribution in [1.82, 2.24) is 4.90 Å². The van der Waals surface area contributed by atoms with E-state index in [-0.39, 0.29) is 13.2 Å². The average Bonchev–Trinajstić information content (AvgIpc) is 2.42. The van der Waals surface area contributed by atoms with Crippen molar-refractivity contribution < 1.29 is 19.4 Å². The molecule has 1 aliphatic rings. The van der Waals surface area contributed by atoms with E-state index in [9.17, 15) is 9.59 Å². The number of morpholine rings is 1. The molecule has 1 unspecified atom stereocenters. The molecule has 0 spiro atoms. The van der Waals surface area contributed by atoms with Gasteiger partial charge in [0, 0.05) is 16.7 Å². The second kappa shape index (κ2) is 6.23. The number of anilines is 1. The molecule has 1 heterocycles. The van der Waals surface area contributed by atoms with E-state index in [1.807, 2.05) is 19.1 Å². The SMILES string of the molecule is Cc1ccc(Br)cc1NC(=O)N1CCOCC1C(=O)O. The highest BCUT2D eigenvalue weighted by molar-refractivity contribution is 9.10. The molecule has 1 aromatic rings. The van der Waals surface area contributed by atoms with Crippen LogP contribution in [0, 0.1) is 6.92 Å². The molecule has 0 aliphatic carbocycles. The summed E-state index contributed by atoms with van der Waals surface area (Å²) in [5.41, 5.74) is 1.56. The van der Waals surface area contributed by atoms with Crippen molar-refractivity contribution in [3.63, 3.8) is 0 Å². The minimum Gasteiger partial charge on any atom is -0.480 e. The number of benzene rings is 1. The van der Waals surface area contributed by atoms with E-state index in [1.54, 1.807) is 6.07 Å². The summed E-state index contributed by atoms with van der Waals surface area (Å²) in [7, 11) is 0. The van der Waals surface area contributed by atoms with Crippen LogP contribution < -0.4 is 5.32 Å². The number of halogens is 1. The van der Waals surface area contributed by atoms with Crippen LogP contribution in [0.15, 0.2) is 22.7 Å². The van der Waals surface area contributed by atoms with Gasteiger partial charge in [0.1, 0.15) is 0 Å². The summed E-state index contributed by atoms with van der Waals surface area (Å²) >= 11 is 3.34. The van der Waals surface area contributed by atoms with Crippen LogP contribution in [0.2, 0.25) is 0 Å². The Morgan fingerprint density at radius 1 is 1.50 bits per heavy atom. The lowest BCUT2D eigenvalue weighted by molar-refractivity contribution is -0.147. The Labute approximate surface area is 124 Å². The Balaban J connectivity index is 2.14. The van der Waals surface area contributed by atoms with Crippen LogP contribution in [-0.2, 0) is 9.53 Å². The number of nitrogens with one attached hydrogen (secondary N) is 1. The zero-order valence-corrected chi connectivity index (χ0v) is 12.5. The van der Waals surface area contributed by atoms with Crippen molar-refractivity contribution in [1.29, 1.82) is 0 Å². The van der Waals surface area contributed by atoms with Crippen molar-refractivity contribution >= 4 is 33.6 Å². The van der Waals surface area contributed by atoms with Crippen LogP contribution >= 0.6 is 15.9 Å². The Bertz CT molecular complexity index is 535. The smallest absolute Gasteiger partial charge is 0.328 e. The third-order valence-corrected chi connectivity index (χ3v) is 3.61. The summed E-state index contributed by atoms with van der Waals surface area (Å²) in [4.78, 5) is 24.6. The van der Waals surface area contributed by atoms with Crippen molar-refractivity contribution in [3.05, 3.63) is 28.2 Å². The monoisotopic (exact) mass is 342 g/mol. The van der Waals surface area contributed by atoms with Crippen LogP contribution in [-0.4, -0.2) is 47.8 Å². The largest absolute Gasteiger partial charge is 0.480 e. The van der Waals surface area contributed by atoms with Gasteiger partial charge in [-0.15, -0.1) is 0 Å². The Kier molecular flexibility index (Phi) is 4.61. The van der Waals surface area contributed by atoms with Crippen molar-refractivity contribution in [2.45, 2.75) is 13.0 Å². The highest BCUT2D eigenvalue weighted by Crippen LogP contribution is 2.21. The van der Waals surface area contributed by atoms with E-state index < -0.39 is 18.0 Å². The maximum atomic E-state index is 12.2. The molecule has 1 fully saturated rings. The number of urea groups is 1. The lowest BCUT2D eigenvalue weighted by atomic mass is 10.2. The van der Waals surface area contributed by atoms with Gasteiger partial charge in [-0.3, -0.25) is 0 Å². The van der Waals surface area contributed by atoms with E-state index >= 15 is 0 Å². The summed E-state index contributed by atoms with van der Waals surface area (Å²) in [6, 6.07) is 4.15. The standard InChI is InChI=1S/C13H15BrN2O4/c1-8-2-3-9(14)6-10(8)15-13(19)16-4-5-20-7-11(16)12(17)18/h2-3,6,11H,4-5,7H2,1H3,(H,15,19)(H,17,18). The predicted molar refractivity (Wildman–Crippen MR) is 76.8 cm³/mol. The Morgan fingerprint density at radius 2 is 2.25 bits per heavy atom.